The smallest absolute Gasteiger partial charge is 0.253 e. The van der Waals surface area contributed by atoms with Gasteiger partial charge in [0.15, 0.2) is 5.82 Å². The first-order chi connectivity index (χ1) is 12.6. The van der Waals surface area contributed by atoms with Crippen LogP contribution in [0.25, 0.3) is 11.4 Å². The van der Waals surface area contributed by atoms with Crippen molar-refractivity contribution in [2.45, 2.75) is 18.4 Å². The van der Waals surface area contributed by atoms with Gasteiger partial charge >= 0.3 is 0 Å². The van der Waals surface area contributed by atoms with Gasteiger partial charge in [-0.1, -0.05) is 12.1 Å². The lowest BCUT2D eigenvalue weighted by atomic mass is 9.83. The topological polar surface area (TPSA) is 94.2 Å². The summed E-state index contributed by atoms with van der Waals surface area (Å²) in [4.78, 5) is 33.3. The average Bonchev–Trinajstić information content (AvgIpc) is 3.21. The highest BCUT2D eigenvalue weighted by Gasteiger charge is 2.47. The molecule has 3 heterocycles. The zero-order valence-corrected chi connectivity index (χ0v) is 14.7. The van der Waals surface area contributed by atoms with Gasteiger partial charge in [0, 0.05) is 37.3 Å². The minimum Gasteiger partial charge on any atom is -0.353 e. The van der Waals surface area contributed by atoms with E-state index in [0.29, 0.717) is 43.9 Å². The number of aromatic amines is 1. The molecule has 0 radical (unpaired) electrons. The first-order valence-electron chi connectivity index (χ1n) is 8.85. The summed E-state index contributed by atoms with van der Waals surface area (Å²) in [5.74, 6) is 0.771. The van der Waals surface area contributed by atoms with Crippen molar-refractivity contribution in [1.82, 2.24) is 30.3 Å². The molecule has 1 aromatic heterocycles. The van der Waals surface area contributed by atoms with Crippen LogP contribution in [-0.2, 0) is 4.79 Å². The van der Waals surface area contributed by atoms with Gasteiger partial charge in [-0.3, -0.25) is 19.6 Å². The number of piperidine rings is 1. The number of hydrogen-bond donors (Lipinski definition) is 2. The number of H-pyrrole nitrogens is 1. The maximum Gasteiger partial charge on any atom is 0.253 e. The summed E-state index contributed by atoms with van der Waals surface area (Å²) in [7, 11) is 2.00. The van der Waals surface area contributed by atoms with E-state index in [1.165, 1.54) is 6.33 Å². The maximum atomic E-state index is 12.8. The van der Waals surface area contributed by atoms with Gasteiger partial charge in [0.2, 0.25) is 5.91 Å². The predicted molar refractivity (Wildman–Crippen MR) is 95.3 cm³/mol. The number of aromatic nitrogens is 3. The molecule has 2 aromatic rings. The minimum atomic E-state index is -0.467. The number of nitrogens with one attached hydrogen (secondary N) is 2. The molecule has 2 amide bonds. The van der Waals surface area contributed by atoms with E-state index in [1.807, 2.05) is 36.2 Å². The first kappa shape index (κ1) is 16.7. The Kier molecular flexibility index (Phi) is 4.20. The van der Waals surface area contributed by atoms with Gasteiger partial charge < -0.3 is 10.2 Å². The molecule has 0 aliphatic carbocycles. The summed E-state index contributed by atoms with van der Waals surface area (Å²) in [6, 6.07) is 7.34. The quantitative estimate of drug-likeness (QED) is 0.819. The normalized spacial score (nSPS) is 20.2. The van der Waals surface area contributed by atoms with Crippen molar-refractivity contribution in [2.75, 3.05) is 33.2 Å². The molecule has 0 atom stereocenters. The molecule has 1 aromatic carbocycles. The summed E-state index contributed by atoms with van der Waals surface area (Å²) in [6.07, 6.45) is 2.78. The van der Waals surface area contributed by atoms with Gasteiger partial charge in [-0.15, -0.1) is 0 Å². The number of carbonyl (C=O) groups excluding carboxylic acids is 2. The summed E-state index contributed by atoms with van der Waals surface area (Å²) in [5, 5.41) is 9.61. The van der Waals surface area contributed by atoms with Crippen molar-refractivity contribution in [3.8, 4) is 11.4 Å². The van der Waals surface area contributed by atoms with Crippen LogP contribution in [0, 0.1) is 0 Å². The largest absolute Gasteiger partial charge is 0.353 e. The number of rotatable bonds is 2. The molecule has 1 spiro atoms. The number of amides is 2. The lowest BCUT2D eigenvalue weighted by Crippen LogP contribution is -2.67. The van der Waals surface area contributed by atoms with Crippen LogP contribution >= 0.6 is 0 Å². The fourth-order valence-corrected chi connectivity index (χ4v) is 3.88. The van der Waals surface area contributed by atoms with E-state index in [4.69, 9.17) is 0 Å². The molecule has 2 saturated heterocycles. The molecule has 2 N–H and O–H groups in total. The standard InChI is InChI=1S/C18H22N6O2/c1-23-11-8-19-17(26)18(23)6-9-24(10-7-18)16(25)14-4-2-13(3-5-14)15-20-12-21-22-15/h2-5,12H,6-11H2,1H3,(H,19,26)(H,20,21,22). The molecule has 136 valence electrons. The summed E-state index contributed by atoms with van der Waals surface area (Å²) in [6.45, 7) is 2.71. The predicted octanol–water partition coefficient (Wildman–Crippen LogP) is 0.508. The molecule has 8 heteroatoms. The molecule has 0 unspecified atom stereocenters. The summed E-state index contributed by atoms with van der Waals surface area (Å²) < 4.78 is 0. The summed E-state index contributed by atoms with van der Waals surface area (Å²) >= 11 is 0. The third-order valence-corrected chi connectivity index (χ3v) is 5.58. The Bertz CT molecular complexity index is 794. The lowest BCUT2D eigenvalue weighted by Gasteiger charge is -2.48. The number of likely N-dealkylation sites (N-methyl/N-ethyl adjacent to an activating group) is 1. The zero-order valence-electron chi connectivity index (χ0n) is 14.7. The van der Waals surface area contributed by atoms with Crippen LogP contribution in [0.15, 0.2) is 30.6 Å². The second kappa shape index (κ2) is 6.53. The Balaban J connectivity index is 1.44. The average molecular weight is 354 g/mol. The number of likely N-dealkylation sites (tertiary alicyclic amines) is 1. The van der Waals surface area contributed by atoms with Crippen LogP contribution in [0.4, 0.5) is 0 Å². The lowest BCUT2D eigenvalue weighted by molar-refractivity contribution is -0.139. The third kappa shape index (κ3) is 2.76. The molecule has 2 aliphatic heterocycles. The van der Waals surface area contributed by atoms with Gasteiger partial charge in [-0.05, 0) is 32.0 Å². The number of carbonyl (C=O) groups is 2. The molecule has 4 rings (SSSR count). The monoisotopic (exact) mass is 354 g/mol. The highest BCUT2D eigenvalue weighted by molar-refractivity contribution is 5.95. The van der Waals surface area contributed by atoms with Crippen molar-refractivity contribution in [3.63, 3.8) is 0 Å². The van der Waals surface area contributed by atoms with Gasteiger partial charge in [-0.25, -0.2) is 4.98 Å². The van der Waals surface area contributed by atoms with Gasteiger partial charge in [0.25, 0.3) is 5.91 Å². The van der Waals surface area contributed by atoms with Crippen LogP contribution in [0.5, 0.6) is 0 Å². The van der Waals surface area contributed by atoms with Gasteiger partial charge in [-0.2, -0.15) is 5.10 Å². The molecule has 8 nitrogen and oxygen atoms in total. The van der Waals surface area contributed by atoms with Crippen molar-refractivity contribution >= 4 is 11.8 Å². The highest BCUT2D eigenvalue weighted by Crippen LogP contribution is 2.30. The SMILES string of the molecule is CN1CCNC(=O)C12CCN(C(=O)c1ccc(-c3ncn[nH]3)cc1)CC2. The maximum absolute atomic E-state index is 12.8. The Labute approximate surface area is 151 Å². The Morgan fingerprint density at radius 2 is 1.88 bits per heavy atom. The molecular weight excluding hydrogens is 332 g/mol. The second-order valence-corrected chi connectivity index (χ2v) is 6.91. The molecule has 2 aliphatic rings. The van der Waals surface area contributed by atoms with Crippen LogP contribution < -0.4 is 5.32 Å². The molecule has 0 bridgehead atoms. The highest BCUT2D eigenvalue weighted by atomic mass is 16.2. The molecular formula is C18H22N6O2. The third-order valence-electron chi connectivity index (χ3n) is 5.58. The van der Waals surface area contributed by atoms with E-state index in [2.05, 4.69) is 25.4 Å². The fourth-order valence-electron chi connectivity index (χ4n) is 3.88. The van der Waals surface area contributed by atoms with Gasteiger partial charge in [0.05, 0.1) is 0 Å². The Hall–Kier alpha value is -2.74. The van der Waals surface area contributed by atoms with Crippen molar-refractivity contribution < 1.29 is 9.59 Å². The minimum absolute atomic E-state index is 0.00263. The van der Waals surface area contributed by atoms with Crippen molar-refractivity contribution in [1.29, 1.82) is 0 Å². The van der Waals surface area contributed by atoms with E-state index in [1.54, 1.807) is 0 Å². The van der Waals surface area contributed by atoms with E-state index in [0.717, 1.165) is 12.1 Å². The van der Waals surface area contributed by atoms with E-state index < -0.39 is 5.54 Å². The number of nitrogens with zero attached hydrogens (tertiary/aromatic N) is 4. The fraction of sp³-hybridized carbons (Fsp3) is 0.444. The Morgan fingerprint density at radius 1 is 1.15 bits per heavy atom. The van der Waals surface area contributed by atoms with Crippen LogP contribution in [0.1, 0.15) is 23.2 Å². The Morgan fingerprint density at radius 3 is 2.50 bits per heavy atom. The first-order valence-corrected chi connectivity index (χ1v) is 8.85. The zero-order chi connectivity index (χ0) is 18.1. The number of hydrogen-bond acceptors (Lipinski definition) is 5. The van der Waals surface area contributed by atoms with E-state index in [9.17, 15) is 9.59 Å². The molecule has 0 saturated carbocycles. The molecule has 2 fully saturated rings. The van der Waals surface area contributed by atoms with Crippen LogP contribution in [0.3, 0.4) is 0 Å². The van der Waals surface area contributed by atoms with Crippen LogP contribution in [0.2, 0.25) is 0 Å². The van der Waals surface area contributed by atoms with Crippen molar-refractivity contribution in [3.05, 3.63) is 36.2 Å². The molecule has 26 heavy (non-hydrogen) atoms. The van der Waals surface area contributed by atoms with E-state index in [-0.39, 0.29) is 11.8 Å². The van der Waals surface area contributed by atoms with E-state index >= 15 is 0 Å². The number of piperazine rings is 1. The van der Waals surface area contributed by atoms with Crippen LogP contribution in [-0.4, -0.2) is 75.6 Å². The summed E-state index contributed by atoms with van der Waals surface area (Å²) in [5.41, 5.74) is 1.06. The second-order valence-electron chi connectivity index (χ2n) is 6.91. The van der Waals surface area contributed by atoms with Crippen molar-refractivity contribution in [2.24, 2.45) is 0 Å². The number of benzene rings is 1. The van der Waals surface area contributed by atoms with Gasteiger partial charge in [0.1, 0.15) is 11.9 Å².